The molecule has 0 aliphatic rings. The van der Waals surface area contributed by atoms with Gasteiger partial charge in [-0.1, -0.05) is 23.2 Å². The van der Waals surface area contributed by atoms with E-state index in [1.54, 1.807) is 30.5 Å². The highest BCUT2D eigenvalue weighted by Gasteiger charge is 2.13. The van der Waals surface area contributed by atoms with Crippen LogP contribution in [0.15, 0.2) is 36.5 Å². The van der Waals surface area contributed by atoms with Crippen LogP contribution >= 0.6 is 23.2 Å². The molecule has 2 aromatic rings. The summed E-state index contributed by atoms with van der Waals surface area (Å²) in [5.41, 5.74) is 1.52. The summed E-state index contributed by atoms with van der Waals surface area (Å²) in [5.74, 6) is -0.332. The fourth-order valence-corrected chi connectivity index (χ4v) is 2.30. The number of aromatic nitrogens is 1. The highest BCUT2D eigenvalue weighted by atomic mass is 35.5. The molecule has 0 aliphatic carbocycles. The molecule has 2 rings (SSSR count). The number of hydrogen-bond donors (Lipinski definition) is 2. The molecule has 0 radical (unpaired) electrons. The maximum atomic E-state index is 12.3. The molecule has 116 valence electrons. The van der Waals surface area contributed by atoms with Crippen molar-refractivity contribution in [2.24, 2.45) is 0 Å². The predicted molar refractivity (Wildman–Crippen MR) is 92.0 cm³/mol. The Labute approximate surface area is 139 Å². The van der Waals surface area contributed by atoms with Crippen LogP contribution in [-0.2, 0) is 0 Å². The Morgan fingerprint density at radius 2 is 1.86 bits per heavy atom. The summed E-state index contributed by atoms with van der Waals surface area (Å²) in [6.45, 7) is 6.13. The van der Waals surface area contributed by atoms with Crippen LogP contribution in [0.3, 0.4) is 0 Å². The van der Waals surface area contributed by atoms with Gasteiger partial charge in [0.25, 0.3) is 5.91 Å². The number of hydrogen-bond acceptors (Lipinski definition) is 3. The lowest BCUT2D eigenvalue weighted by atomic mass is 10.1. The van der Waals surface area contributed by atoms with Crippen molar-refractivity contribution in [1.29, 1.82) is 0 Å². The second kappa shape index (κ2) is 6.55. The fourth-order valence-electron chi connectivity index (χ4n) is 1.84. The number of carbonyl (C=O) groups excluding carboxylic acids is 1. The van der Waals surface area contributed by atoms with Gasteiger partial charge in [0.2, 0.25) is 0 Å². The summed E-state index contributed by atoms with van der Waals surface area (Å²) in [7, 11) is 0. The van der Waals surface area contributed by atoms with Gasteiger partial charge in [-0.15, -0.1) is 0 Å². The first-order chi connectivity index (χ1) is 10.2. The molecular formula is C16H17Cl2N3O. The monoisotopic (exact) mass is 337 g/mol. The first kappa shape index (κ1) is 16.6. The van der Waals surface area contributed by atoms with E-state index in [9.17, 15) is 4.79 Å². The summed E-state index contributed by atoms with van der Waals surface area (Å²) in [6, 6.07) is 8.40. The van der Waals surface area contributed by atoms with E-state index in [4.69, 9.17) is 23.2 Å². The van der Waals surface area contributed by atoms with Crippen LogP contribution < -0.4 is 10.6 Å². The molecule has 1 heterocycles. The number of anilines is 2. The topological polar surface area (TPSA) is 54.0 Å². The average molecular weight is 338 g/mol. The van der Waals surface area contributed by atoms with Crippen LogP contribution in [0.1, 0.15) is 31.3 Å². The molecule has 0 bridgehead atoms. The quantitative estimate of drug-likeness (QED) is 0.841. The molecule has 22 heavy (non-hydrogen) atoms. The molecule has 0 spiro atoms. The van der Waals surface area contributed by atoms with Crippen LogP contribution in [0.2, 0.25) is 10.0 Å². The Bertz CT molecular complexity index is 696. The van der Waals surface area contributed by atoms with E-state index in [0.717, 1.165) is 5.69 Å². The summed E-state index contributed by atoms with van der Waals surface area (Å²) < 4.78 is 0. The van der Waals surface area contributed by atoms with Crippen LogP contribution in [0.25, 0.3) is 0 Å². The highest BCUT2D eigenvalue weighted by molar-refractivity contribution is 6.36. The maximum Gasteiger partial charge on any atom is 0.274 e. The van der Waals surface area contributed by atoms with Crippen LogP contribution in [-0.4, -0.2) is 16.4 Å². The molecule has 1 aromatic carbocycles. The molecular weight excluding hydrogens is 321 g/mol. The minimum absolute atomic E-state index is 0.103. The standard InChI is InChI=1S/C16H17Cl2N3O/c1-16(2,3)21-11-6-7-19-14(9-11)15(22)20-13-5-4-10(17)8-12(13)18/h4-9H,1-3H3,(H,19,21)(H,20,22). The van der Waals surface area contributed by atoms with Gasteiger partial charge in [-0.05, 0) is 51.1 Å². The minimum Gasteiger partial charge on any atom is -0.380 e. The zero-order chi connectivity index (χ0) is 16.3. The van der Waals surface area contributed by atoms with E-state index >= 15 is 0 Å². The van der Waals surface area contributed by atoms with Gasteiger partial charge in [0, 0.05) is 22.4 Å². The van der Waals surface area contributed by atoms with Crippen molar-refractivity contribution in [3.8, 4) is 0 Å². The summed E-state index contributed by atoms with van der Waals surface area (Å²) >= 11 is 11.9. The second-order valence-electron chi connectivity index (χ2n) is 5.88. The molecule has 0 saturated heterocycles. The first-order valence-corrected chi connectivity index (χ1v) is 7.51. The smallest absolute Gasteiger partial charge is 0.274 e. The number of carbonyl (C=O) groups is 1. The van der Waals surface area contributed by atoms with Crippen LogP contribution in [0.5, 0.6) is 0 Å². The summed E-state index contributed by atoms with van der Waals surface area (Å²) in [4.78, 5) is 16.4. The van der Waals surface area contributed by atoms with E-state index in [-0.39, 0.29) is 11.4 Å². The number of rotatable bonds is 3. The van der Waals surface area contributed by atoms with E-state index in [0.29, 0.717) is 21.4 Å². The zero-order valence-electron chi connectivity index (χ0n) is 12.6. The maximum absolute atomic E-state index is 12.3. The van der Waals surface area contributed by atoms with Crippen molar-refractivity contribution < 1.29 is 4.79 Å². The van der Waals surface area contributed by atoms with E-state index in [1.807, 2.05) is 26.8 Å². The van der Waals surface area contributed by atoms with Gasteiger partial charge in [-0.25, -0.2) is 0 Å². The minimum atomic E-state index is -0.332. The molecule has 0 aliphatic heterocycles. The predicted octanol–water partition coefficient (Wildman–Crippen LogP) is 4.85. The Hall–Kier alpha value is -1.78. The van der Waals surface area contributed by atoms with Gasteiger partial charge in [-0.3, -0.25) is 9.78 Å². The Morgan fingerprint density at radius 1 is 1.14 bits per heavy atom. The molecule has 1 aromatic heterocycles. The Balaban J connectivity index is 2.17. The molecule has 1 amide bonds. The normalized spacial score (nSPS) is 11.1. The third-order valence-electron chi connectivity index (χ3n) is 2.69. The molecule has 0 unspecified atom stereocenters. The third-order valence-corrected chi connectivity index (χ3v) is 3.24. The van der Waals surface area contributed by atoms with E-state index < -0.39 is 0 Å². The number of benzene rings is 1. The van der Waals surface area contributed by atoms with Gasteiger partial charge in [0.1, 0.15) is 5.69 Å². The third kappa shape index (κ3) is 4.61. The van der Waals surface area contributed by atoms with Gasteiger partial charge in [-0.2, -0.15) is 0 Å². The molecule has 2 N–H and O–H groups in total. The van der Waals surface area contributed by atoms with Gasteiger partial charge >= 0.3 is 0 Å². The van der Waals surface area contributed by atoms with Crippen molar-refractivity contribution >= 4 is 40.5 Å². The molecule has 6 heteroatoms. The van der Waals surface area contributed by atoms with Crippen LogP contribution in [0.4, 0.5) is 11.4 Å². The number of nitrogens with zero attached hydrogens (tertiary/aromatic N) is 1. The molecule has 4 nitrogen and oxygen atoms in total. The number of nitrogens with one attached hydrogen (secondary N) is 2. The highest BCUT2D eigenvalue weighted by Crippen LogP contribution is 2.26. The summed E-state index contributed by atoms with van der Waals surface area (Å²) in [6.07, 6.45) is 1.59. The lowest BCUT2D eigenvalue weighted by Gasteiger charge is -2.22. The van der Waals surface area contributed by atoms with Gasteiger partial charge in [0.05, 0.1) is 10.7 Å². The zero-order valence-corrected chi connectivity index (χ0v) is 14.1. The SMILES string of the molecule is CC(C)(C)Nc1ccnc(C(=O)Nc2ccc(Cl)cc2Cl)c1. The molecule has 0 fully saturated rings. The Kier molecular flexibility index (Phi) is 4.94. The number of pyridine rings is 1. The lowest BCUT2D eigenvalue weighted by Crippen LogP contribution is -2.26. The Morgan fingerprint density at radius 3 is 2.50 bits per heavy atom. The summed E-state index contributed by atoms with van der Waals surface area (Å²) in [5, 5.41) is 6.91. The van der Waals surface area contributed by atoms with Crippen LogP contribution in [0, 0.1) is 0 Å². The van der Waals surface area contributed by atoms with Crippen molar-refractivity contribution in [2.45, 2.75) is 26.3 Å². The van der Waals surface area contributed by atoms with Crippen molar-refractivity contribution in [3.05, 3.63) is 52.3 Å². The van der Waals surface area contributed by atoms with E-state index in [2.05, 4.69) is 15.6 Å². The number of halogens is 2. The van der Waals surface area contributed by atoms with Crippen molar-refractivity contribution in [1.82, 2.24) is 4.98 Å². The fraction of sp³-hybridized carbons (Fsp3) is 0.250. The largest absolute Gasteiger partial charge is 0.380 e. The van der Waals surface area contributed by atoms with Crippen molar-refractivity contribution in [2.75, 3.05) is 10.6 Å². The lowest BCUT2D eigenvalue weighted by molar-refractivity contribution is 0.102. The molecule has 0 atom stereocenters. The van der Waals surface area contributed by atoms with Gasteiger partial charge in [0.15, 0.2) is 0 Å². The first-order valence-electron chi connectivity index (χ1n) is 6.75. The second-order valence-corrected chi connectivity index (χ2v) is 6.73. The number of amides is 1. The van der Waals surface area contributed by atoms with E-state index in [1.165, 1.54) is 0 Å². The average Bonchev–Trinajstić information content (AvgIpc) is 2.40. The van der Waals surface area contributed by atoms with Crippen molar-refractivity contribution in [3.63, 3.8) is 0 Å². The van der Waals surface area contributed by atoms with Gasteiger partial charge < -0.3 is 10.6 Å². The molecule has 0 saturated carbocycles.